The van der Waals surface area contributed by atoms with E-state index in [4.69, 9.17) is 0 Å². The maximum absolute atomic E-state index is 2.63. The fraction of sp³-hybridized carbons (Fsp3) is 0.643. The monoisotopic (exact) mass is 378 g/mol. The number of rotatable bonds is 9. The third kappa shape index (κ3) is 6.36. The molecule has 1 unspecified atom stereocenters. The zero-order chi connectivity index (χ0) is 19.6. The molecule has 2 aliphatic rings. The molecule has 0 aromatic heterocycles. The van der Waals surface area contributed by atoms with Gasteiger partial charge < -0.3 is 0 Å². The molecule has 0 radical (unpaired) electrons. The van der Waals surface area contributed by atoms with Crippen molar-refractivity contribution in [2.45, 2.75) is 103 Å². The van der Waals surface area contributed by atoms with Crippen LogP contribution < -0.4 is 0 Å². The molecule has 0 amide bonds. The average Bonchev–Trinajstić information content (AvgIpc) is 2.75. The molecule has 0 N–H and O–H groups in total. The van der Waals surface area contributed by atoms with Crippen LogP contribution >= 0.6 is 0 Å². The summed E-state index contributed by atoms with van der Waals surface area (Å²) in [4.78, 5) is 0. The zero-order valence-electron chi connectivity index (χ0n) is 18.5. The van der Waals surface area contributed by atoms with E-state index in [1.165, 1.54) is 89.0 Å². The summed E-state index contributed by atoms with van der Waals surface area (Å²) in [5.74, 6) is 2.78. The third-order valence-electron chi connectivity index (χ3n) is 7.33. The van der Waals surface area contributed by atoms with Crippen molar-refractivity contribution in [3.63, 3.8) is 0 Å². The van der Waals surface area contributed by atoms with Crippen LogP contribution in [0.5, 0.6) is 0 Å². The molecule has 0 heteroatoms. The van der Waals surface area contributed by atoms with Gasteiger partial charge in [-0.25, -0.2) is 0 Å². The Morgan fingerprint density at radius 1 is 0.893 bits per heavy atom. The largest absolute Gasteiger partial charge is 0.0917 e. The van der Waals surface area contributed by atoms with Crippen molar-refractivity contribution in [1.82, 2.24) is 0 Å². The Hall–Kier alpha value is -1.30. The quantitative estimate of drug-likeness (QED) is 0.297. The number of unbranched alkanes of at least 4 members (excludes halogenated alkanes) is 2. The number of benzene rings is 1. The van der Waals surface area contributed by atoms with E-state index in [-0.39, 0.29) is 0 Å². The lowest BCUT2D eigenvalue weighted by atomic mass is 9.70. The number of aryl methyl sites for hydroxylation is 1. The van der Waals surface area contributed by atoms with E-state index < -0.39 is 0 Å². The second-order valence-electron chi connectivity index (χ2n) is 9.31. The molecule has 1 saturated carbocycles. The minimum Gasteiger partial charge on any atom is -0.0917 e. The minimum absolute atomic E-state index is 0.818. The first-order chi connectivity index (χ1) is 13.8. The Bertz CT molecular complexity index is 610. The van der Waals surface area contributed by atoms with Gasteiger partial charge in [0.1, 0.15) is 0 Å². The predicted molar refractivity (Wildman–Crippen MR) is 124 cm³/mol. The lowest BCUT2D eigenvalue weighted by Gasteiger charge is -2.35. The molecule has 1 fully saturated rings. The second-order valence-corrected chi connectivity index (χ2v) is 9.31. The smallest absolute Gasteiger partial charge is 0.0162 e. The Balaban J connectivity index is 1.39. The van der Waals surface area contributed by atoms with Crippen LogP contribution in [0.25, 0.3) is 0 Å². The molecule has 3 rings (SSSR count). The van der Waals surface area contributed by atoms with Crippen LogP contribution in [-0.2, 0) is 6.42 Å². The molecule has 1 aromatic rings. The van der Waals surface area contributed by atoms with Crippen LogP contribution in [0.4, 0.5) is 0 Å². The molecule has 0 saturated heterocycles. The van der Waals surface area contributed by atoms with Crippen LogP contribution in [0.3, 0.4) is 0 Å². The first-order valence-corrected chi connectivity index (χ1v) is 12.2. The van der Waals surface area contributed by atoms with E-state index in [0.29, 0.717) is 0 Å². The topological polar surface area (TPSA) is 0 Å². The van der Waals surface area contributed by atoms with Crippen molar-refractivity contribution in [2.24, 2.45) is 11.8 Å². The van der Waals surface area contributed by atoms with Crippen molar-refractivity contribution in [1.29, 1.82) is 0 Å². The van der Waals surface area contributed by atoms with E-state index >= 15 is 0 Å². The third-order valence-corrected chi connectivity index (χ3v) is 7.33. The molecule has 0 spiro atoms. The summed E-state index contributed by atoms with van der Waals surface area (Å²) in [5.41, 5.74) is 4.87. The SMILES string of the molecule is CC=CCCCCC1=CCC(C2CCC(c3ccc(CCC)cc3)CC2)CC1. The van der Waals surface area contributed by atoms with Gasteiger partial charge in [-0.3, -0.25) is 0 Å². The Kier molecular flexibility index (Phi) is 8.90. The summed E-state index contributed by atoms with van der Waals surface area (Å²) in [6.45, 7) is 4.39. The molecular formula is C28H42. The summed E-state index contributed by atoms with van der Waals surface area (Å²) in [7, 11) is 0. The second kappa shape index (κ2) is 11.6. The maximum atomic E-state index is 2.63. The van der Waals surface area contributed by atoms with Gasteiger partial charge in [0.25, 0.3) is 0 Å². The van der Waals surface area contributed by atoms with Crippen LogP contribution in [-0.4, -0.2) is 0 Å². The van der Waals surface area contributed by atoms with Gasteiger partial charge in [-0.2, -0.15) is 0 Å². The van der Waals surface area contributed by atoms with Gasteiger partial charge >= 0.3 is 0 Å². The highest BCUT2D eigenvalue weighted by molar-refractivity contribution is 5.26. The molecule has 28 heavy (non-hydrogen) atoms. The summed E-state index contributed by atoms with van der Waals surface area (Å²) >= 11 is 0. The lowest BCUT2D eigenvalue weighted by Crippen LogP contribution is -2.22. The zero-order valence-corrected chi connectivity index (χ0v) is 18.5. The van der Waals surface area contributed by atoms with Gasteiger partial charge in [-0.05, 0) is 113 Å². The molecule has 0 bridgehead atoms. The van der Waals surface area contributed by atoms with Crippen molar-refractivity contribution in [3.8, 4) is 0 Å². The first-order valence-electron chi connectivity index (χ1n) is 12.2. The maximum Gasteiger partial charge on any atom is -0.0162 e. The highest BCUT2D eigenvalue weighted by Gasteiger charge is 2.29. The molecule has 1 aromatic carbocycles. The lowest BCUT2D eigenvalue weighted by molar-refractivity contribution is 0.217. The standard InChI is InChI=1S/C28H42/c1-3-5-6-7-8-10-24-13-17-26(18-14-24)28-21-19-27(20-22-28)25-15-11-23(9-4-2)12-16-25/h3,5,11-13,15-16,26-28H,4,6-10,14,17-22H2,1-2H3. The molecular weight excluding hydrogens is 336 g/mol. The van der Waals surface area contributed by atoms with Crippen LogP contribution in [0, 0.1) is 11.8 Å². The normalized spacial score (nSPS) is 25.8. The van der Waals surface area contributed by atoms with Crippen molar-refractivity contribution in [3.05, 3.63) is 59.2 Å². The average molecular weight is 379 g/mol. The summed E-state index contributed by atoms with van der Waals surface area (Å²) in [5, 5.41) is 0. The van der Waals surface area contributed by atoms with Crippen molar-refractivity contribution in [2.75, 3.05) is 0 Å². The summed E-state index contributed by atoms with van der Waals surface area (Å²) in [6, 6.07) is 9.58. The fourth-order valence-corrected chi connectivity index (χ4v) is 5.51. The molecule has 0 heterocycles. The van der Waals surface area contributed by atoms with Crippen molar-refractivity contribution >= 4 is 0 Å². The number of hydrogen-bond donors (Lipinski definition) is 0. The van der Waals surface area contributed by atoms with E-state index in [1.807, 2.05) is 0 Å². The van der Waals surface area contributed by atoms with Gasteiger partial charge in [0.2, 0.25) is 0 Å². The van der Waals surface area contributed by atoms with Gasteiger partial charge in [0.05, 0.1) is 0 Å². The number of allylic oxidation sites excluding steroid dienone is 4. The Morgan fingerprint density at radius 3 is 2.32 bits per heavy atom. The van der Waals surface area contributed by atoms with Gasteiger partial charge in [0, 0.05) is 0 Å². The summed E-state index contributed by atoms with van der Waals surface area (Å²) < 4.78 is 0. The van der Waals surface area contributed by atoms with E-state index in [9.17, 15) is 0 Å². The van der Waals surface area contributed by atoms with E-state index in [0.717, 1.165) is 17.8 Å². The minimum atomic E-state index is 0.818. The van der Waals surface area contributed by atoms with Gasteiger partial charge in [-0.15, -0.1) is 0 Å². The fourth-order valence-electron chi connectivity index (χ4n) is 5.51. The predicted octanol–water partition coefficient (Wildman–Crippen LogP) is 8.78. The van der Waals surface area contributed by atoms with Gasteiger partial charge in [0.15, 0.2) is 0 Å². The molecule has 154 valence electrons. The summed E-state index contributed by atoms with van der Waals surface area (Å²) in [6.07, 6.45) is 24.9. The van der Waals surface area contributed by atoms with E-state index in [2.05, 4.69) is 56.3 Å². The highest BCUT2D eigenvalue weighted by Crippen LogP contribution is 2.43. The van der Waals surface area contributed by atoms with Gasteiger partial charge in [-0.1, -0.05) is 61.4 Å². The molecule has 2 aliphatic carbocycles. The van der Waals surface area contributed by atoms with E-state index in [1.54, 1.807) is 11.1 Å². The van der Waals surface area contributed by atoms with Crippen molar-refractivity contribution < 1.29 is 0 Å². The highest BCUT2D eigenvalue weighted by atomic mass is 14.3. The Morgan fingerprint density at radius 2 is 1.68 bits per heavy atom. The van der Waals surface area contributed by atoms with Crippen LogP contribution in [0.1, 0.15) is 108 Å². The molecule has 1 atom stereocenters. The van der Waals surface area contributed by atoms with Crippen LogP contribution in [0.15, 0.2) is 48.1 Å². The number of hydrogen-bond acceptors (Lipinski definition) is 0. The Labute approximate surface area is 174 Å². The van der Waals surface area contributed by atoms with Crippen LogP contribution in [0.2, 0.25) is 0 Å². The first kappa shape index (κ1) is 21.4. The molecule has 0 nitrogen and oxygen atoms in total. The molecule has 0 aliphatic heterocycles.